The molecular formula is C14H18. The topological polar surface area (TPSA) is 0 Å². The number of aryl methyl sites for hydroxylation is 1. The van der Waals surface area contributed by atoms with Gasteiger partial charge in [0.05, 0.1) is 0 Å². The Morgan fingerprint density at radius 1 is 1.14 bits per heavy atom. The number of fused-ring (bicyclic) bond motifs is 1. The van der Waals surface area contributed by atoms with Crippen molar-refractivity contribution in [2.75, 3.05) is 0 Å². The summed E-state index contributed by atoms with van der Waals surface area (Å²) in [7, 11) is 0. The van der Waals surface area contributed by atoms with Crippen molar-refractivity contribution in [1.29, 1.82) is 0 Å². The zero-order chi connectivity index (χ0) is 10.2. The first-order valence-corrected chi connectivity index (χ1v) is 5.35. The second kappa shape index (κ2) is 3.27. The van der Waals surface area contributed by atoms with Gasteiger partial charge in [-0.25, -0.2) is 0 Å². The van der Waals surface area contributed by atoms with Crippen LogP contribution in [-0.4, -0.2) is 0 Å². The average molecular weight is 186 g/mol. The van der Waals surface area contributed by atoms with E-state index in [1.807, 2.05) is 0 Å². The SMILES string of the molecule is Cc1cccc2c1CC=CCC2(C)C. The van der Waals surface area contributed by atoms with Crippen molar-refractivity contribution in [2.24, 2.45) is 0 Å². The maximum atomic E-state index is 2.33. The number of allylic oxidation sites excluding steroid dienone is 2. The highest BCUT2D eigenvalue weighted by molar-refractivity contribution is 5.41. The van der Waals surface area contributed by atoms with Gasteiger partial charge in [0.1, 0.15) is 0 Å². The zero-order valence-electron chi connectivity index (χ0n) is 9.30. The number of benzene rings is 1. The van der Waals surface area contributed by atoms with Gasteiger partial charge in [-0.3, -0.25) is 0 Å². The molecule has 1 aromatic carbocycles. The molecule has 0 saturated heterocycles. The van der Waals surface area contributed by atoms with Crippen LogP contribution in [0.15, 0.2) is 30.4 Å². The molecule has 2 rings (SSSR count). The fourth-order valence-corrected chi connectivity index (χ4v) is 2.30. The van der Waals surface area contributed by atoms with Crippen LogP contribution in [0.1, 0.15) is 37.0 Å². The fourth-order valence-electron chi connectivity index (χ4n) is 2.30. The van der Waals surface area contributed by atoms with Crippen LogP contribution in [0, 0.1) is 6.92 Å². The molecule has 0 aromatic heterocycles. The maximum absolute atomic E-state index is 2.33. The molecule has 1 aromatic rings. The molecule has 0 spiro atoms. The van der Waals surface area contributed by atoms with E-state index in [2.05, 4.69) is 51.1 Å². The first-order valence-electron chi connectivity index (χ1n) is 5.35. The third kappa shape index (κ3) is 1.50. The highest BCUT2D eigenvalue weighted by Gasteiger charge is 2.23. The highest BCUT2D eigenvalue weighted by Crippen LogP contribution is 2.34. The maximum Gasteiger partial charge on any atom is -0.00662 e. The van der Waals surface area contributed by atoms with Gasteiger partial charge in [0.15, 0.2) is 0 Å². The van der Waals surface area contributed by atoms with Crippen molar-refractivity contribution in [1.82, 2.24) is 0 Å². The van der Waals surface area contributed by atoms with Crippen molar-refractivity contribution in [3.63, 3.8) is 0 Å². The predicted molar refractivity (Wildman–Crippen MR) is 61.7 cm³/mol. The van der Waals surface area contributed by atoms with Crippen LogP contribution in [0.25, 0.3) is 0 Å². The van der Waals surface area contributed by atoms with E-state index in [0.717, 1.165) is 12.8 Å². The van der Waals surface area contributed by atoms with Crippen LogP contribution in [0.4, 0.5) is 0 Å². The first kappa shape index (κ1) is 9.51. The van der Waals surface area contributed by atoms with E-state index < -0.39 is 0 Å². The second-order valence-corrected chi connectivity index (χ2v) is 4.86. The summed E-state index contributed by atoms with van der Waals surface area (Å²) in [4.78, 5) is 0. The third-order valence-corrected chi connectivity index (χ3v) is 3.26. The van der Waals surface area contributed by atoms with E-state index in [9.17, 15) is 0 Å². The van der Waals surface area contributed by atoms with Gasteiger partial charge >= 0.3 is 0 Å². The van der Waals surface area contributed by atoms with Crippen LogP contribution >= 0.6 is 0 Å². The van der Waals surface area contributed by atoms with Crippen LogP contribution in [0.5, 0.6) is 0 Å². The van der Waals surface area contributed by atoms with Crippen LogP contribution < -0.4 is 0 Å². The average Bonchev–Trinajstić information content (AvgIpc) is 2.27. The summed E-state index contributed by atoms with van der Waals surface area (Å²) in [6.45, 7) is 6.88. The molecule has 0 bridgehead atoms. The second-order valence-electron chi connectivity index (χ2n) is 4.86. The lowest BCUT2D eigenvalue weighted by atomic mass is 9.79. The lowest BCUT2D eigenvalue weighted by Crippen LogP contribution is -2.17. The van der Waals surface area contributed by atoms with Crippen molar-refractivity contribution in [2.45, 2.75) is 39.0 Å². The quantitative estimate of drug-likeness (QED) is 0.541. The highest BCUT2D eigenvalue weighted by atomic mass is 14.3. The van der Waals surface area contributed by atoms with E-state index in [1.165, 1.54) is 16.7 Å². The summed E-state index contributed by atoms with van der Waals surface area (Å²) in [6, 6.07) is 6.69. The monoisotopic (exact) mass is 186 g/mol. The molecular weight excluding hydrogens is 168 g/mol. The number of hydrogen-bond acceptors (Lipinski definition) is 0. The molecule has 1 aliphatic carbocycles. The van der Waals surface area contributed by atoms with Crippen molar-refractivity contribution in [3.05, 3.63) is 47.0 Å². The Kier molecular flexibility index (Phi) is 2.22. The summed E-state index contributed by atoms with van der Waals surface area (Å²) in [6.07, 6.45) is 6.88. The van der Waals surface area contributed by atoms with Gasteiger partial charge in [0.2, 0.25) is 0 Å². The molecule has 0 saturated carbocycles. The Labute approximate surface area is 86.7 Å². The Hall–Kier alpha value is -1.04. The Morgan fingerprint density at radius 2 is 1.93 bits per heavy atom. The first-order chi connectivity index (χ1) is 6.61. The van der Waals surface area contributed by atoms with Crippen LogP contribution in [0.2, 0.25) is 0 Å². The van der Waals surface area contributed by atoms with Gasteiger partial charge in [0.25, 0.3) is 0 Å². The summed E-state index contributed by atoms with van der Waals surface area (Å²) < 4.78 is 0. The zero-order valence-corrected chi connectivity index (χ0v) is 9.30. The molecule has 0 unspecified atom stereocenters. The fraction of sp³-hybridized carbons (Fsp3) is 0.429. The van der Waals surface area contributed by atoms with Crippen molar-refractivity contribution < 1.29 is 0 Å². The molecule has 0 amide bonds. The molecule has 0 nitrogen and oxygen atoms in total. The summed E-state index contributed by atoms with van der Waals surface area (Å²) in [5.74, 6) is 0. The molecule has 1 aliphatic rings. The lowest BCUT2D eigenvalue weighted by Gasteiger charge is -2.25. The minimum atomic E-state index is 0.300. The van der Waals surface area contributed by atoms with Crippen molar-refractivity contribution >= 4 is 0 Å². The van der Waals surface area contributed by atoms with Crippen molar-refractivity contribution in [3.8, 4) is 0 Å². The van der Waals surface area contributed by atoms with Gasteiger partial charge in [-0.05, 0) is 41.9 Å². The van der Waals surface area contributed by atoms with E-state index in [4.69, 9.17) is 0 Å². The molecule has 74 valence electrons. The molecule has 0 atom stereocenters. The minimum Gasteiger partial charge on any atom is -0.0873 e. The standard InChI is InChI=1S/C14H18/c1-11-7-6-9-13-12(11)8-4-5-10-14(13,2)3/h4-7,9H,8,10H2,1-3H3. The molecule has 0 heterocycles. The molecule has 0 N–H and O–H groups in total. The van der Waals surface area contributed by atoms with Gasteiger partial charge < -0.3 is 0 Å². The predicted octanol–water partition coefficient (Wildman–Crippen LogP) is 3.78. The third-order valence-electron chi connectivity index (χ3n) is 3.26. The summed E-state index contributed by atoms with van der Waals surface area (Å²) >= 11 is 0. The molecule has 0 radical (unpaired) electrons. The number of hydrogen-bond donors (Lipinski definition) is 0. The Balaban J connectivity index is 2.61. The largest absolute Gasteiger partial charge is 0.0873 e. The Morgan fingerprint density at radius 3 is 2.71 bits per heavy atom. The number of rotatable bonds is 0. The Bertz CT molecular complexity index is 370. The van der Waals surface area contributed by atoms with Gasteiger partial charge in [-0.15, -0.1) is 0 Å². The molecule has 0 heteroatoms. The summed E-state index contributed by atoms with van der Waals surface area (Å²) in [5, 5.41) is 0. The van der Waals surface area contributed by atoms with Gasteiger partial charge in [0, 0.05) is 0 Å². The van der Waals surface area contributed by atoms with Gasteiger partial charge in [-0.1, -0.05) is 44.2 Å². The van der Waals surface area contributed by atoms with Gasteiger partial charge in [-0.2, -0.15) is 0 Å². The van der Waals surface area contributed by atoms with E-state index in [-0.39, 0.29) is 0 Å². The minimum absolute atomic E-state index is 0.300. The van der Waals surface area contributed by atoms with Crippen LogP contribution in [-0.2, 0) is 11.8 Å². The van der Waals surface area contributed by atoms with E-state index >= 15 is 0 Å². The summed E-state index contributed by atoms with van der Waals surface area (Å²) in [5.41, 5.74) is 4.80. The molecule has 14 heavy (non-hydrogen) atoms. The normalized spacial score (nSPS) is 18.8. The molecule has 0 aliphatic heterocycles. The molecule has 0 fully saturated rings. The van der Waals surface area contributed by atoms with E-state index in [0.29, 0.717) is 5.41 Å². The van der Waals surface area contributed by atoms with Crippen LogP contribution in [0.3, 0.4) is 0 Å². The van der Waals surface area contributed by atoms with E-state index in [1.54, 1.807) is 0 Å². The lowest BCUT2D eigenvalue weighted by molar-refractivity contribution is 0.533. The smallest absolute Gasteiger partial charge is 0.00662 e.